The lowest BCUT2D eigenvalue weighted by Crippen LogP contribution is -2.24. The zero-order chi connectivity index (χ0) is 14.5. The third-order valence-electron chi connectivity index (χ3n) is 2.69. The molecule has 5 heteroatoms. The number of unbranched alkanes of at least 4 members (excludes halogenated alkanes) is 2. The molecule has 110 valence electrons. The van der Waals surface area contributed by atoms with Crippen LogP contribution >= 0.6 is 0 Å². The molecule has 1 amide bonds. The highest BCUT2D eigenvalue weighted by Crippen LogP contribution is 2.00. The minimum Gasteiger partial charge on any atom is -0.377 e. The number of hydrogen-bond donors (Lipinski definition) is 1. The molecule has 0 saturated heterocycles. The van der Waals surface area contributed by atoms with Gasteiger partial charge in [-0.3, -0.25) is 9.59 Å². The minimum atomic E-state index is -0.0169. The van der Waals surface area contributed by atoms with E-state index in [4.69, 9.17) is 4.74 Å². The summed E-state index contributed by atoms with van der Waals surface area (Å²) in [6.07, 6.45) is 4.68. The third-order valence-corrected chi connectivity index (χ3v) is 2.69. The van der Waals surface area contributed by atoms with E-state index in [0.29, 0.717) is 32.2 Å². The van der Waals surface area contributed by atoms with Gasteiger partial charge in [-0.15, -0.1) is 0 Å². The van der Waals surface area contributed by atoms with Gasteiger partial charge in [0.25, 0.3) is 0 Å². The predicted molar refractivity (Wildman–Crippen MR) is 72.9 cm³/mol. The van der Waals surface area contributed by atoms with Gasteiger partial charge < -0.3 is 14.8 Å². The van der Waals surface area contributed by atoms with Crippen LogP contribution in [0, 0.1) is 0 Å². The molecule has 1 N–H and O–H groups in total. The normalized spacial score (nSPS) is 10.2. The summed E-state index contributed by atoms with van der Waals surface area (Å²) in [6, 6.07) is 0. The number of ether oxygens (including phenoxy) is 1. The molecule has 0 radical (unpaired) electrons. The molecule has 0 aliphatic carbocycles. The van der Waals surface area contributed by atoms with Gasteiger partial charge in [0.15, 0.2) is 5.78 Å². The predicted octanol–water partition coefficient (Wildman–Crippen LogP) is 1.64. The Hall–Kier alpha value is -1.23. The van der Waals surface area contributed by atoms with Gasteiger partial charge in [-0.2, -0.15) is 0 Å². The molecule has 0 aliphatic heterocycles. The standard InChI is InChI=1S/C14H25NO4/c1-12(16)7-4-3-5-10-15-14(18)9-6-8-13(17)11-19-2/h3-11H2,1-2H3,(H,15,18). The highest BCUT2D eigenvalue weighted by molar-refractivity contribution is 5.81. The minimum absolute atomic E-state index is 0.0169. The van der Waals surface area contributed by atoms with Crippen LogP contribution in [0.3, 0.4) is 0 Å². The Balaban J connectivity index is 3.35. The molecule has 0 aromatic carbocycles. The molecule has 19 heavy (non-hydrogen) atoms. The molecular formula is C14H25NO4. The van der Waals surface area contributed by atoms with Crippen LogP contribution in [-0.2, 0) is 19.1 Å². The lowest BCUT2D eigenvalue weighted by Gasteiger charge is -2.04. The van der Waals surface area contributed by atoms with Crippen LogP contribution in [0.15, 0.2) is 0 Å². The van der Waals surface area contributed by atoms with Gasteiger partial charge in [0.2, 0.25) is 5.91 Å². The van der Waals surface area contributed by atoms with E-state index in [1.54, 1.807) is 6.92 Å². The van der Waals surface area contributed by atoms with Crippen molar-refractivity contribution < 1.29 is 19.1 Å². The van der Waals surface area contributed by atoms with Crippen molar-refractivity contribution >= 4 is 17.5 Å². The van der Waals surface area contributed by atoms with Gasteiger partial charge in [-0.1, -0.05) is 6.42 Å². The average Bonchev–Trinajstić information content (AvgIpc) is 2.33. The molecule has 0 rings (SSSR count). The van der Waals surface area contributed by atoms with E-state index in [0.717, 1.165) is 19.3 Å². The summed E-state index contributed by atoms with van der Waals surface area (Å²) in [5, 5.41) is 2.81. The van der Waals surface area contributed by atoms with Crippen molar-refractivity contribution in [2.45, 2.75) is 51.9 Å². The summed E-state index contributed by atoms with van der Waals surface area (Å²) < 4.78 is 4.71. The molecular weight excluding hydrogens is 246 g/mol. The molecule has 0 heterocycles. The lowest BCUT2D eigenvalue weighted by molar-refractivity contribution is -0.123. The first-order chi connectivity index (χ1) is 9.06. The van der Waals surface area contributed by atoms with Crippen molar-refractivity contribution in [3.8, 4) is 0 Å². The van der Waals surface area contributed by atoms with Crippen molar-refractivity contribution in [3.05, 3.63) is 0 Å². The molecule has 0 aliphatic rings. The van der Waals surface area contributed by atoms with Crippen LogP contribution in [0.1, 0.15) is 51.9 Å². The SMILES string of the molecule is COCC(=O)CCCC(=O)NCCCCCC(C)=O. The maximum absolute atomic E-state index is 11.4. The molecule has 0 fully saturated rings. The number of carbonyl (C=O) groups is 3. The third kappa shape index (κ3) is 13.0. The Morgan fingerprint density at radius 1 is 0.947 bits per heavy atom. The van der Waals surface area contributed by atoms with E-state index < -0.39 is 0 Å². The summed E-state index contributed by atoms with van der Waals surface area (Å²) in [6.45, 7) is 2.35. The molecule has 0 unspecified atom stereocenters. The Labute approximate surface area is 115 Å². The van der Waals surface area contributed by atoms with Gasteiger partial charge in [0, 0.05) is 32.9 Å². The summed E-state index contributed by atoms with van der Waals surface area (Å²) in [5.74, 6) is 0.223. The Morgan fingerprint density at radius 3 is 2.32 bits per heavy atom. The van der Waals surface area contributed by atoms with E-state index in [9.17, 15) is 14.4 Å². The summed E-state index contributed by atoms with van der Waals surface area (Å²) >= 11 is 0. The first-order valence-corrected chi connectivity index (χ1v) is 6.83. The van der Waals surface area contributed by atoms with Crippen molar-refractivity contribution in [2.24, 2.45) is 0 Å². The zero-order valence-electron chi connectivity index (χ0n) is 12.0. The van der Waals surface area contributed by atoms with Crippen LogP contribution < -0.4 is 5.32 Å². The summed E-state index contributed by atoms with van der Waals surface area (Å²) in [4.78, 5) is 33.2. The van der Waals surface area contributed by atoms with Crippen molar-refractivity contribution in [1.29, 1.82) is 0 Å². The number of rotatable bonds is 12. The monoisotopic (exact) mass is 271 g/mol. The number of hydrogen-bond acceptors (Lipinski definition) is 4. The number of Topliss-reactive ketones (excluding diaryl/α,β-unsaturated/α-hetero) is 2. The number of ketones is 2. The zero-order valence-corrected chi connectivity index (χ0v) is 12.0. The van der Waals surface area contributed by atoms with E-state index in [-0.39, 0.29) is 24.1 Å². The van der Waals surface area contributed by atoms with Crippen molar-refractivity contribution in [2.75, 3.05) is 20.3 Å². The van der Waals surface area contributed by atoms with Crippen LogP contribution in [0.25, 0.3) is 0 Å². The van der Waals surface area contributed by atoms with Crippen molar-refractivity contribution in [1.82, 2.24) is 5.32 Å². The number of amides is 1. The van der Waals surface area contributed by atoms with Crippen LogP contribution in [0.5, 0.6) is 0 Å². The van der Waals surface area contributed by atoms with Gasteiger partial charge in [0.05, 0.1) is 0 Å². The fourth-order valence-corrected chi connectivity index (χ4v) is 1.67. The second-order valence-corrected chi connectivity index (χ2v) is 4.69. The van der Waals surface area contributed by atoms with Gasteiger partial charge in [-0.05, 0) is 26.2 Å². The topological polar surface area (TPSA) is 72.5 Å². The molecule has 0 saturated carbocycles. The fraction of sp³-hybridized carbons (Fsp3) is 0.786. The molecule has 5 nitrogen and oxygen atoms in total. The van der Waals surface area contributed by atoms with Gasteiger partial charge in [0.1, 0.15) is 12.4 Å². The first kappa shape index (κ1) is 17.8. The number of methoxy groups -OCH3 is 1. The summed E-state index contributed by atoms with van der Waals surface area (Å²) in [5.41, 5.74) is 0. The average molecular weight is 271 g/mol. The van der Waals surface area contributed by atoms with E-state index in [1.165, 1.54) is 7.11 Å². The van der Waals surface area contributed by atoms with E-state index in [1.807, 2.05) is 0 Å². The first-order valence-electron chi connectivity index (χ1n) is 6.83. The van der Waals surface area contributed by atoms with Gasteiger partial charge >= 0.3 is 0 Å². The largest absolute Gasteiger partial charge is 0.377 e. The Bertz CT molecular complexity index is 289. The van der Waals surface area contributed by atoms with E-state index >= 15 is 0 Å². The smallest absolute Gasteiger partial charge is 0.220 e. The molecule has 0 atom stereocenters. The molecule has 0 aromatic rings. The second-order valence-electron chi connectivity index (χ2n) is 4.69. The summed E-state index contributed by atoms with van der Waals surface area (Å²) in [7, 11) is 1.48. The Morgan fingerprint density at radius 2 is 1.68 bits per heavy atom. The number of carbonyl (C=O) groups excluding carboxylic acids is 3. The van der Waals surface area contributed by atoms with Crippen LogP contribution in [0.2, 0.25) is 0 Å². The van der Waals surface area contributed by atoms with Crippen LogP contribution in [-0.4, -0.2) is 37.7 Å². The second kappa shape index (κ2) is 11.8. The molecule has 0 bridgehead atoms. The van der Waals surface area contributed by atoms with Crippen molar-refractivity contribution in [3.63, 3.8) is 0 Å². The highest BCUT2D eigenvalue weighted by Gasteiger charge is 2.04. The number of nitrogens with one attached hydrogen (secondary N) is 1. The van der Waals surface area contributed by atoms with E-state index in [2.05, 4.69) is 5.32 Å². The lowest BCUT2D eigenvalue weighted by atomic mass is 10.1. The highest BCUT2D eigenvalue weighted by atomic mass is 16.5. The maximum Gasteiger partial charge on any atom is 0.220 e. The van der Waals surface area contributed by atoms with Gasteiger partial charge in [-0.25, -0.2) is 0 Å². The van der Waals surface area contributed by atoms with Crippen LogP contribution in [0.4, 0.5) is 0 Å². The molecule has 0 aromatic heterocycles. The molecule has 0 spiro atoms. The quantitative estimate of drug-likeness (QED) is 0.548. The maximum atomic E-state index is 11.4. The fourth-order valence-electron chi connectivity index (χ4n) is 1.67. The Kier molecular flexibility index (Phi) is 11.1.